The summed E-state index contributed by atoms with van der Waals surface area (Å²) >= 11 is 2.03. The summed E-state index contributed by atoms with van der Waals surface area (Å²) in [6.07, 6.45) is -5.18. The molecule has 0 unspecified atom stereocenters. The number of piperazine rings is 1. The maximum absolute atomic E-state index is 14.1. The fourth-order valence-corrected chi connectivity index (χ4v) is 4.03. The average Bonchev–Trinajstić information content (AvgIpc) is 2.71. The van der Waals surface area contributed by atoms with Crippen molar-refractivity contribution in [2.45, 2.75) is 32.5 Å². The predicted octanol–water partition coefficient (Wildman–Crippen LogP) is 5.62. The molecular weight excluding hydrogens is 550 g/mol. The Labute approximate surface area is 204 Å². The zero-order chi connectivity index (χ0) is 24.4. The number of benzene rings is 2. The summed E-state index contributed by atoms with van der Waals surface area (Å²) in [7, 11) is 0. The highest BCUT2D eigenvalue weighted by Gasteiger charge is 2.39. The van der Waals surface area contributed by atoms with Crippen molar-refractivity contribution in [3.05, 3.63) is 57.2 Å². The van der Waals surface area contributed by atoms with Crippen LogP contribution < -0.4 is 10.2 Å². The minimum absolute atomic E-state index is 0.0354. The van der Waals surface area contributed by atoms with Gasteiger partial charge in [0.25, 0.3) is 5.91 Å². The Hall–Kier alpha value is -2.50. The van der Waals surface area contributed by atoms with Gasteiger partial charge in [0, 0.05) is 35.3 Å². The first kappa shape index (κ1) is 25.1. The molecular formula is C23H25F3IN3O3. The monoisotopic (exact) mass is 575 g/mol. The number of ether oxygens (including phenoxy) is 1. The van der Waals surface area contributed by atoms with Gasteiger partial charge >= 0.3 is 12.3 Å². The molecule has 1 N–H and O–H groups in total. The van der Waals surface area contributed by atoms with Crippen LogP contribution in [0.5, 0.6) is 0 Å². The Morgan fingerprint density at radius 1 is 1.00 bits per heavy atom. The summed E-state index contributed by atoms with van der Waals surface area (Å²) in [5.41, 5.74) is -1.63. The first-order valence-electron chi connectivity index (χ1n) is 10.3. The number of anilines is 2. The Kier molecular flexibility index (Phi) is 7.45. The van der Waals surface area contributed by atoms with Crippen LogP contribution in [0.1, 0.15) is 36.7 Å². The second-order valence-electron chi connectivity index (χ2n) is 8.62. The van der Waals surface area contributed by atoms with E-state index in [0.717, 1.165) is 3.57 Å². The zero-order valence-electron chi connectivity index (χ0n) is 18.5. The molecule has 1 aliphatic heterocycles. The fraction of sp³-hybridized carbons (Fsp3) is 0.391. The number of nitrogens with one attached hydrogen (secondary N) is 1. The molecule has 33 heavy (non-hydrogen) atoms. The number of nitrogens with zero attached hydrogens (tertiary/aromatic N) is 2. The van der Waals surface area contributed by atoms with Crippen LogP contribution in [-0.4, -0.2) is 48.7 Å². The molecule has 0 radical (unpaired) electrons. The van der Waals surface area contributed by atoms with Crippen LogP contribution in [0.15, 0.2) is 42.5 Å². The second-order valence-corrected chi connectivity index (χ2v) is 9.86. The van der Waals surface area contributed by atoms with Crippen LogP contribution in [0.2, 0.25) is 0 Å². The molecule has 0 bridgehead atoms. The molecule has 178 valence electrons. The van der Waals surface area contributed by atoms with Crippen molar-refractivity contribution in [2.75, 3.05) is 36.4 Å². The third-order valence-electron chi connectivity index (χ3n) is 4.93. The van der Waals surface area contributed by atoms with Crippen molar-refractivity contribution in [1.82, 2.24) is 4.90 Å². The number of amides is 2. The van der Waals surface area contributed by atoms with Gasteiger partial charge in [-0.2, -0.15) is 13.2 Å². The van der Waals surface area contributed by atoms with E-state index >= 15 is 0 Å². The number of halogens is 4. The molecule has 6 nitrogen and oxygen atoms in total. The molecule has 2 aromatic rings. The summed E-state index contributed by atoms with van der Waals surface area (Å²) in [4.78, 5) is 27.9. The highest BCUT2D eigenvalue weighted by atomic mass is 127. The number of rotatable bonds is 3. The van der Waals surface area contributed by atoms with Gasteiger partial charge in [-0.25, -0.2) is 4.79 Å². The summed E-state index contributed by atoms with van der Waals surface area (Å²) in [6, 6.07) is 10.7. The molecule has 0 saturated carbocycles. The minimum atomic E-state index is -4.69. The van der Waals surface area contributed by atoms with Crippen molar-refractivity contribution in [2.24, 2.45) is 0 Å². The molecule has 1 heterocycles. The number of carbonyl (C=O) groups is 2. The van der Waals surface area contributed by atoms with Gasteiger partial charge in [0.1, 0.15) is 11.2 Å². The van der Waals surface area contributed by atoms with Gasteiger partial charge in [-0.3, -0.25) is 4.79 Å². The Bertz CT molecular complexity index is 1030. The zero-order valence-corrected chi connectivity index (χ0v) is 20.7. The quantitative estimate of drug-likeness (QED) is 0.483. The van der Waals surface area contributed by atoms with Crippen LogP contribution in [0.25, 0.3) is 0 Å². The summed E-state index contributed by atoms with van der Waals surface area (Å²) in [5.74, 6) is -0.620. The lowest BCUT2D eigenvalue weighted by atomic mass is 10.1. The van der Waals surface area contributed by atoms with E-state index < -0.39 is 29.3 Å². The van der Waals surface area contributed by atoms with Gasteiger partial charge in [0.15, 0.2) is 0 Å². The minimum Gasteiger partial charge on any atom is -0.444 e. The summed E-state index contributed by atoms with van der Waals surface area (Å²) in [6.45, 7) is 6.14. The van der Waals surface area contributed by atoms with Gasteiger partial charge < -0.3 is 19.9 Å². The Morgan fingerprint density at radius 2 is 1.64 bits per heavy atom. The molecule has 0 atom stereocenters. The van der Waals surface area contributed by atoms with E-state index in [4.69, 9.17) is 4.74 Å². The van der Waals surface area contributed by atoms with Crippen molar-refractivity contribution >= 4 is 46.0 Å². The van der Waals surface area contributed by atoms with E-state index in [9.17, 15) is 22.8 Å². The molecule has 1 fully saturated rings. The van der Waals surface area contributed by atoms with Crippen molar-refractivity contribution in [3.63, 3.8) is 0 Å². The first-order chi connectivity index (χ1) is 15.3. The fourth-order valence-electron chi connectivity index (χ4n) is 3.49. The highest BCUT2D eigenvalue weighted by Crippen LogP contribution is 2.42. The van der Waals surface area contributed by atoms with Crippen molar-refractivity contribution in [1.29, 1.82) is 0 Å². The summed E-state index contributed by atoms with van der Waals surface area (Å²) < 4.78 is 48.5. The van der Waals surface area contributed by atoms with Crippen LogP contribution in [-0.2, 0) is 10.9 Å². The third kappa shape index (κ3) is 6.52. The Morgan fingerprint density at radius 3 is 2.21 bits per heavy atom. The predicted molar refractivity (Wildman–Crippen MR) is 129 cm³/mol. The first-order valence-corrected chi connectivity index (χ1v) is 11.4. The third-order valence-corrected chi connectivity index (χ3v) is 5.60. The topological polar surface area (TPSA) is 61.9 Å². The molecule has 3 rings (SSSR count). The average molecular weight is 575 g/mol. The molecule has 2 aromatic carbocycles. The van der Waals surface area contributed by atoms with E-state index in [1.165, 1.54) is 23.1 Å². The van der Waals surface area contributed by atoms with Crippen LogP contribution >= 0.6 is 22.6 Å². The summed E-state index contributed by atoms with van der Waals surface area (Å²) in [5, 5.41) is 2.42. The standard InChI is InChI=1S/C23H25F3IN3O3/c1-22(2,3)33-21(32)30-12-10-29(11-13-30)18-9-5-8-17(19(18)23(24,25)26)28-20(31)15-6-4-7-16(27)14-15/h4-9,14H,10-13H2,1-3H3,(H,28,31). The van der Waals surface area contributed by atoms with E-state index in [0.29, 0.717) is 0 Å². The van der Waals surface area contributed by atoms with Gasteiger partial charge in [0.2, 0.25) is 0 Å². The van der Waals surface area contributed by atoms with E-state index in [2.05, 4.69) is 5.32 Å². The van der Waals surface area contributed by atoms with Crippen LogP contribution in [0.3, 0.4) is 0 Å². The largest absolute Gasteiger partial charge is 0.444 e. The molecule has 2 amide bonds. The van der Waals surface area contributed by atoms with E-state index in [1.54, 1.807) is 49.9 Å². The molecule has 10 heteroatoms. The van der Waals surface area contributed by atoms with Gasteiger partial charge in [-0.05, 0) is 73.7 Å². The van der Waals surface area contributed by atoms with E-state index in [-0.39, 0.29) is 43.1 Å². The van der Waals surface area contributed by atoms with Gasteiger partial charge in [-0.15, -0.1) is 0 Å². The van der Waals surface area contributed by atoms with Gasteiger partial charge in [0.05, 0.1) is 11.4 Å². The Balaban J connectivity index is 1.82. The lowest BCUT2D eigenvalue weighted by molar-refractivity contribution is -0.136. The molecule has 0 aromatic heterocycles. The smallest absolute Gasteiger partial charge is 0.420 e. The SMILES string of the molecule is CC(C)(C)OC(=O)N1CCN(c2cccc(NC(=O)c3cccc(I)c3)c2C(F)(F)F)CC1. The van der Waals surface area contributed by atoms with Crippen molar-refractivity contribution < 1.29 is 27.5 Å². The van der Waals surface area contributed by atoms with Crippen molar-refractivity contribution in [3.8, 4) is 0 Å². The number of carbonyl (C=O) groups excluding carboxylic acids is 2. The van der Waals surface area contributed by atoms with Gasteiger partial charge in [-0.1, -0.05) is 12.1 Å². The highest BCUT2D eigenvalue weighted by molar-refractivity contribution is 14.1. The molecule has 1 aliphatic rings. The lowest BCUT2D eigenvalue weighted by Gasteiger charge is -2.38. The van der Waals surface area contributed by atoms with Crippen LogP contribution in [0, 0.1) is 3.57 Å². The van der Waals surface area contributed by atoms with E-state index in [1.807, 2.05) is 22.6 Å². The maximum Gasteiger partial charge on any atom is 0.420 e. The number of hydrogen-bond acceptors (Lipinski definition) is 4. The number of alkyl halides is 3. The lowest BCUT2D eigenvalue weighted by Crippen LogP contribution is -2.50. The second kappa shape index (κ2) is 9.78. The maximum atomic E-state index is 14.1. The molecule has 0 spiro atoms. The number of hydrogen-bond donors (Lipinski definition) is 1. The normalized spacial score (nSPS) is 14.8. The van der Waals surface area contributed by atoms with Crippen LogP contribution in [0.4, 0.5) is 29.3 Å². The molecule has 1 saturated heterocycles. The molecule has 0 aliphatic carbocycles.